The molecule has 2 rings (SSSR count). The van der Waals surface area contributed by atoms with Crippen LogP contribution in [0.5, 0.6) is 5.88 Å². The van der Waals surface area contributed by atoms with Crippen molar-refractivity contribution in [2.45, 2.75) is 12.5 Å². The minimum absolute atomic E-state index is 0.107. The summed E-state index contributed by atoms with van der Waals surface area (Å²) in [5, 5.41) is 8.83. The van der Waals surface area contributed by atoms with Crippen LogP contribution in [-0.4, -0.2) is 48.1 Å². The van der Waals surface area contributed by atoms with E-state index in [1.54, 1.807) is 0 Å². The van der Waals surface area contributed by atoms with Gasteiger partial charge in [0.05, 0.1) is 12.8 Å². The molecule has 0 aliphatic carbocycles. The highest BCUT2D eigenvalue weighted by Crippen LogP contribution is 2.19. The molecule has 0 N–H and O–H groups in total. The lowest BCUT2D eigenvalue weighted by Gasteiger charge is -2.14. The summed E-state index contributed by atoms with van der Waals surface area (Å²) >= 11 is 0. The maximum Gasteiger partial charge on any atom is 0.251 e. The van der Waals surface area contributed by atoms with Crippen molar-refractivity contribution in [1.29, 1.82) is 5.26 Å². The van der Waals surface area contributed by atoms with Crippen molar-refractivity contribution < 1.29 is 13.2 Å². The van der Waals surface area contributed by atoms with Crippen LogP contribution in [0.3, 0.4) is 0 Å². The second-order valence-electron chi connectivity index (χ2n) is 3.97. The Hall–Kier alpha value is -1.72. The molecule has 1 aliphatic rings. The number of aromatic nitrogens is 2. The van der Waals surface area contributed by atoms with E-state index in [1.165, 1.54) is 23.0 Å². The van der Waals surface area contributed by atoms with Gasteiger partial charge in [-0.3, -0.25) is 0 Å². The summed E-state index contributed by atoms with van der Waals surface area (Å²) in [5.41, 5.74) is 0.107. The molecular weight excluding hydrogens is 256 g/mol. The fourth-order valence-electron chi connectivity index (χ4n) is 1.74. The van der Waals surface area contributed by atoms with E-state index >= 15 is 0 Å². The molecule has 0 amide bonds. The molecule has 1 aromatic heterocycles. The fourth-order valence-corrected chi connectivity index (χ4v) is 2.62. The summed E-state index contributed by atoms with van der Waals surface area (Å²) in [6, 6.07) is 1.88. The van der Waals surface area contributed by atoms with E-state index in [9.17, 15) is 8.42 Å². The Morgan fingerprint density at radius 2 is 2.22 bits per heavy atom. The summed E-state index contributed by atoms with van der Waals surface area (Å²) < 4.78 is 29.6. The predicted octanol–water partition coefficient (Wildman–Crippen LogP) is -0.239. The van der Waals surface area contributed by atoms with Gasteiger partial charge in [0.15, 0.2) is 0 Å². The zero-order valence-corrected chi connectivity index (χ0v) is 10.6. The van der Waals surface area contributed by atoms with Gasteiger partial charge in [-0.25, -0.2) is 18.4 Å². The van der Waals surface area contributed by atoms with E-state index in [4.69, 9.17) is 10.00 Å². The Balaban J connectivity index is 2.07. The molecule has 1 atom stereocenters. The van der Waals surface area contributed by atoms with Gasteiger partial charge in [0, 0.05) is 18.9 Å². The van der Waals surface area contributed by atoms with Gasteiger partial charge in [0.1, 0.15) is 12.2 Å². The first-order valence-electron chi connectivity index (χ1n) is 5.33. The van der Waals surface area contributed by atoms with Crippen LogP contribution in [0.1, 0.15) is 12.1 Å². The average molecular weight is 268 g/mol. The molecule has 0 radical (unpaired) electrons. The summed E-state index contributed by atoms with van der Waals surface area (Å²) in [5.74, 6) is 0.153. The van der Waals surface area contributed by atoms with Crippen LogP contribution >= 0.6 is 0 Å². The van der Waals surface area contributed by atoms with Gasteiger partial charge >= 0.3 is 0 Å². The Bertz CT molecular complexity index is 581. The molecule has 8 heteroatoms. The standard InChI is InChI=1S/C10H12N4O3S/c1-18(15,16)14-5-2-8(7-14)17-10-9(6-11)12-3-4-13-10/h3-4,8H,2,5,7H2,1H3. The topological polar surface area (TPSA) is 96.2 Å². The second kappa shape index (κ2) is 4.88. The zero-order valence-electron chi connectivity index (χ0n) is 9.78. The van der Waals surface area contributed by atoms with Crippen molar-refractivity contribution in [2.24, 2.45) is 0 Å². The third-order valence-electron chi connectivity index (χ3n) is 2.63. The normalized spacial score (nSPS) is 20.6. The molecule has 0 saturated carbocycles. The van der Waals surface area contributed by atoms with Crippen LogP contribution in [0.15, 0.2) is 12.4 Å². The van der Waals surface area contributed by atoms with Gasteiger partial charge < -0.3 is 4.74 Å². The third kappa shape index (κ3) is 2.75. The number of rotatable bonds is 3. The lowest BCUT2D eigenvalue weighted by molar-refractivity contribution is 0.205. The maximum atomic E-state index is 11.3. The molecule has 7 nitrogen and oxygen atoms in total. The van der Waals surface area contributed by atoms with Crippen molar-refractivity contribution in [3.63, 3.8) is 0 Å². The summed E-state index contributed by atoms with van der Waals surface area (Å²) in [7, 11) is -3.19. The molecule has 1 aliphatic heterocycles. The molecule has 0 spiro atoms. The van der Waals surface area contributed by atoms with Crippen molar-refractivity contribution in [3.8, 4) is 11.9 Å². The van der Waals surface area contributed by atoms with Gasteiger partial charge in [-0.15, -0.1) is 0 Å². The number of sulfonamides is 1. The van der Waals surface area contributed by atoms with Crippen molar-refractivity contribution >= 4 is 10.0 Å². The van der Waals surface area contributed by atoms with Gasteiger partial charge in [-0.1, -0.05) is 0 Å². The molecule has 18 heavy (non-hydrogen) atoms. The predicted molar refractivity (Wildman–Crippen MR) is 62.2 cm³/mol. The number of nitrogens with zero attached hydrogens (tertiary/aromatic N) is 4. The zero-order chi connectivity index (χ0) is 13.2. The monoisotopic (exact) mass is 268 g/mol. The molecule has 96 valence electrons. The van der Waals surface area contributed by atoms with E-state index in [0.717, 1.165) is 0 Å². The Kier molecular flexibility index (Phi) is 3.45. The maximum absolute atomic E-state index is 11.3. The highest BCUT2D eigenvalue weighted by atomic mass is 32.2. The first-order valence-corrected chi connectivity index (χ1v) is 7.18. The summed E-state index contributed by atoms with van der Waals surface area (Å²) in [6.07, 6.45) is 4.29. The molecule has 1 aromatic rings. The van der Waals surface area contributed by atoms with Crippen LogP contribution < -0.4 is 4.74 Å². The highest BCUT2D eigenvalue weighted by molar-refractivity contribution is 7.88. The molecule has 0 bridgehead atoms. The van der Waals surface area contributed by atoms with Crippen LogP contribution in [-0.2, 0) is 10.0 Å². The first-order chi connectivity index (χ1) is 8.50. The largest absolute Gasteiger partial charge is 0.471 e. The van der Waals surface area contributed by atoms with Crippen LogP contribution in [0.2, 0.25) is 0 Å². The van der Waals surface area contributed by atoms with Crippen molar-refractivity contribution in [2.75, 3.05) is 19.3 Å². The third-order valence-corrected chi connectivity index (χ3v) is 3.90. The van der Waals surface area contributed by atoms with E-state index in [2.05, 4.69) is 9.97 Å². The number of nitriles is 1. The molecule has 0 aromatic carbocycles. The average Bonchev–Trinajstić information content (AvgIpc) is 2.78. The van der Waals surface area contributed by atoms with Crippen LogP contribution in [0.25, 0.3) is 0 Å². The van der Waals surface area contributed by atoms with Gasteiger partial charge in [-0.2, -0.15) is 9.57 Å². The molecule has 1 unspecified atom stereocenters. The van der Waals surface area contributed by atoms with E-state index in [-0.39, 0.29) is 24.2 Å². The number of ether oxygens (including phenoxy) is 1. The summed E-state index contributed by atoms with van der Waals surface area (Å²) in [6.45, 7) is 0.700. The number of hydrogen-bond donors (Lipinski definition) is 0. The van der Waals surface area contributed by atoms with Gasteiger partial charge in [0.2, 0.25) is 15.7 Å². The lowest BCUT2D eigenvalue weighted by Crippen LogP contribution is -2.30. The highest BCUT2D eigenvalue weighted by Gasteiger charge is 2.30. The van der Waals surface area contributed by atoms with Gasteiger partial charge in [0.25, 0.3) is 5.88 Å². The SMILES string of the molecule is CS(=O)(=O)N1CCC(Oc2nccnc2C#N)C1. The second-order valence-corrected chi connectivity index (χ2v) is 5.95. The Labute approximate surface area is 105 Å². The molecular formula is C10H12N4O3S. The smallest absolute Gasteiger partial charge is 0.251 e. The van der Waals surface area contributed by atoms with Crippen LogP contribution in [0.4, 0.5) is 0 Å². The minimum Gasteiger partial charge on any atom is -0.471 e. The Morgan fingerprint density at radius 3 is 2.83 bits per heavy atom. The Morgan fingerprint density at radius 1 is 1.50 bits per heavy atom. The van der Waals surface area contributed by atoms with E-state index < -0.39 is 10.0 Å². The lowest BCUT2D eigenvalue weighted by atomic mass is 10.3. The van der Waals surface area contributed by atoms with Crippen molar-refractivity contribution in [1.82, 2.24) is 14.3 Å². The molecule has 1 saturated heterocycles. The quantitative estimate of drug-likeness (QED) is 0.750. The van der Waals surface area contributed by atoms with E-state index in [1.807, 2.05) is 6.07 Å². The van der Waals surface area contributed by atoms with E-state index in [0.29, 0.717) is 13.0 Å². The van der Waals surface area contributed by atoms with Crippen molar-refractivity contribution in [3.05, 3.63) is 18.1 Å². The molecule has 2 heterocycles. The molecule has 1 fully saturated rings. The summed E-state index contributed by atoms with van der Waals surface area (Å²) in [4.78, 5) is 7.75. The first kappa shape index (κ1) is 12.7. The van der Waals surface area contributed by atoms with Gasteiger partial charge in [-0.05, 0) is 6.42 Å². The number of hydrogen-bond acceptors (Lipinski definition) is 6. The fraction of sp³-hybridized carbons (Fsp3) is 0.500. The van der Waals surface area contributed by atoms with Crippen LogP contribution in [0, 0.1) is 11.3 Å². The minimum atomic E-state index is -3.19.